The Morgan fingerprint density at radius 1 is 1.03 bits per heavy atom. The van der Waals surface area contributed by atoms with Gasteiger partial charge in [0.25, 0.3) is 0 Å². The minimum Gasteiger partial charge on any atom is -0.489 e. The first-order chi connectivity index (χ1) is 15.7. The third-order valence-corrected chi connectivity index (χ3v) is 5.96. The molecular weight excluding hydrogens is 442 g/mol. The summed E-state index contributed by atoms with van der Waals surface area (Å²) in [5.41, 5.74) is 4.35. The highest BCUT2D eigenvalue weighted by molar-refractivity contribution is 7.99. The van der Waals surface area contributed by atoms with E-state index in [1.54, 1.807) is 16.4 Å². The lowest BCUT2D eigenvalue weighted by molar-refractivity contribution is 0.302. The number of aromatic nitrogens is 4. The van der Waals surface area contributed by atoms with E-state index in [1.165, 1.54) is 5.56 Å². The molecule has 0 aliphatic heterocycles. The highest BCUT2D eigenvalue weighted by atomic mass is 35.5. The number of para-hydroxylation sites is 1. The predicted molar refractivity (Wildman–Crippen MR) is 129 cm³/mol. The van der Waals surface area contributed by atoms with Crippen LogP contribution < -0.4 is 10.1 Å². The van der Waals surface area contributed by atoms with E-state index in [-0.39, 0.29) is 0 Å². The van der Waals surface area contributed by atoms with Crippen molar-refractivity contribution >= 4 is 23.4 Å². The van der Waals surface area contributed by atoms with Crippen molar-refractivity contribution in [1.82, 2.24) is 25.5 Å². The van der Waals surface area contributed by atoms with Gasteiger partial charge in [0, 0.05) is 29.4 Å². The fourth-order valence-electron chi connectivity index (χ4n) is 3.11. The lowest BCUT2D eigenvalue weighted by Crippen LogP contribution is -2.17. The van der Waals surface area contributed by atoms with Crippen molar-refractivity contribution in [2.75, 3.05) is 12.3 Å². The van der Waals surface area contributed by atoms with Crippen LogP contribution in [0.15, 0.2) is 78.0 Å². The quantitative estimate of drug-likeness (QED) is 0.260. The number of nitrogens with zero attached hydrogens (tertiary/aromatic N) is 4. The summed E-state index contributed by atoms with van der Waals surface area (Å²) in [6, 6.07) is 24.0. The van der Waals surface area contributed by atoms with Crippen LogP contribution in [0.1, 0.15) is 16.7 Å². The molecular formula is C24H24ClN5OS. The van der Waals surface area contributed by atoms with Crippen molar-refractivity contribution in [3.05, 3.63) is 94.5 Å². The molecule has 4 rings (SSSR count). The Balaban J connectivity index is 1.28. The molecule has 0 saturated carbocycles. The lowest BCUT2D eigenvalue weighted by Gasteiger charge is -2.13. The topological polar surface area (TPSA) is 64.9 Å². The number of halogens is 1. The number of thioether (sulfide) groups is 1. The Kier molecular flexibility index (Phi) is 7.77. The molecule has 4 aromatic rings. The molecule has 0 amide bonds. The third-order valence-electron chi connectivity index (χ3n) is 4.80. The summed E-state index contributed by atoms with van der Waals surface area (Å²) >= 11 is 7.83. The molecule has 164 valence electrons. The van der Waals surface area contributed by atoms with Gasteiger partial charge in [0.05, 0.1) is 5.69 Å². The van der Waals surface area contributed by atoms with Gasteiger partial charge in [-0.25, -0.2) is 0 Å². The van der Waals surface area contributed by atoms with Gasteiger partial charge in [-0.15, -0.1) is 5.10 Å². The first-order valence-corrected chi connectivity index (χ1v) is 11.7. The summed E-state index contributed by atoms with van der Waals surface area (Å²) in [7, 11) is 0. The van der Waals surface area contributed by atoms with Gasteiger partial charge in [0.15, 0.2) is 0 Å². The molecule has 32 heavy (non-hydrogen) atoms. The zero-order chi connectivity index (χ0) is 22.2. The molecule has 0 fully saturated rings. The first kappa shape index (κ1) is 22.3. The number of hydrogen-bond donors (Lipinski definition) is 1. The Bertz CT molecular complexity index is 1130. The van der Waals surface area contributed by atoms with Crippen LogP contribution in [0, 0.1) is 6.92 Å². The molecule has 6 nitrogen and oxygen atoms in total. The molecule has 0 saturated heterocycles. The Morgan fingerprint density at radius 3 is 2.66 bits per heavy atom. The average molecular weight is 466 g/mol. The average Bonchev–Trinajstić information content (AvgIpc) is 3.28. The van der Waals surface area contributed by atoms with Crippen LogP contribution in [0.2, 0.25) is 5.02 Å². The van der Waals surface area contributed by atoms with E-state index < -0.39 is 0 Å². The predicted octanol–water partition coefficient (Wildman–Crippen LogP) is 5.09. The normalized spacial score (nSPS) is 10.9. The number of tetrazole rings is 1. The summed E-state index contributed by atoms with van der Waals surface area (Å²) in [4.78, 5) is 0. The number of rotatable bonds is 10. The van der Waals surface area contributed by atoms with Gasteiger partial charge in [-0.2, -0.15) is 4.68 Å². The SMILES string of the molecule is Cc1ccc(COc2ccc(Cl)cc2CNCCSc2nnnn2-c2ccccc2)cc1. The van der Waals surface area contributed by atoms with E-state index in [4.69, 9.17) is 16.3 Å². The zero-order valence-electron chi connectivity index (χ0n) is 17.7. The van der Waals surface area contributed by atoms with E-state index >= 15 is 0 Å². The van der Waals surface area contributed by atoms with E-state index in [9.17, 15) is 0 Å². The number of nitrogens with one attached hydrogen (secondary N) is 1. The number of benzene rings is 3. The monoisotopic (exact) mass is 465 g/mol. The van der Waals surface area contributed by atoms with E-state index in [0.29, 0.717) is 18.2 Å². The van der Waals surface area contributed by atoms with Crippen LogP contribution in [0.4, 0.5) is 0 Å². The zero-order valence-corrected chi connectivity index (χ0v) is 19.3. The molecule has 8 heteroatoms. The fourth-order valence-corrected chi connectivity index (χ4v) is 4.09. The van der Waals surface area contributed by atoms with Crippen molar-refractivity contribution in [1.29, 1.82) is 0 Å². The molecule has 0 radical (unpaired) electrons. The maximum absolute atomic E-state index is 6.22. The Morgan fingerprint density at radius 2 is 1.84 bits per heavy atom. The minimum absolute atomic E-state index is 0.521. The fraction of sp³-hybridized carbons (Fsp3) is 0.208. The summed E-state index contributed by atoms with van der Waals surface area (Å²) in [5, 5.41) is 16.9. The van der Waals surface area contributed by atoms with Crippen LogP contribution >= 0.6 is 23.4 Å². The molecule has 0 bridgehead atoms. The van der Waals surface area contributed by atoms with Gasteiger partial charge < -0.3 is 10.1 Å². The molecule has 0 atom stereocenters. The second-order valence-corrected chi connectivity index (χ2v) is 8.76. The molecule has 3 aromatic carbocycles. The third kappa shape index (κ3) is 6.09. The maximum Gasteiger partial charge on any atom is 0.214 e. The first-order valence-electron chi connectivity index (χ1n) is 10.3. The van der Waals surface area contributed by atoms with Crippen molar-refractivity contribution in [2.24, 2.45) is 0 Å². The number of hydrogen-bond acceptors (Lipinski definition) is 6. The van der Waals surface area contributed by atoms with Crippen LogP contribution in [-0.4, -0.2) is 32.5 Å². The standard InChI is InChI=1S/C24H24ClN5OS/c1-18-7-9-19(10-8-18)17-31-23-12-11-21(25)15-20(23)16-26-13-14-32-24-27-28-29-30(24)22-5-3-2-4-6-22/h2-12,15,26H,13-14,16-17H2,1H3. The highest BCUT2D eigenvalue weighted by Gasteiger charge is 2.09. The Hall–Kier alpha value is -2.87. The summed E-state index contributed by atoms with van der Waals surface area (Å²) < 4.78 is 7.81. The molecule has 0 unspecified atom stereocenters. The van der Waals surface area contributed by atoms with Crippen molar-refractivity contribution in [2.45, 2.75) is 25.2 Å². The van der Waals surface area contributed by atoms with Gasteiger partial charge in [-0.1, -0.05) is 71.4 Å². The van der Waals surface area contributed by atoms with Gasteiger partial charge >= 0.3 is 0 Å². The van der Waals surface area contributed by atoms with E-state index in [2.05, 4.69) is 52.0 Å². The van der Waals surface area contributed by atoms with Crippen LogP contribution in [0.5, 0.6) is 5.75 Å². The molecule has 1 aromatic heterocycles. The summed E-state index contributed by atoms with van der Waals surface area (Å²) in [6.07, 6.45) is 0. The van der Waals surface area contributed by atoms with Crippen molar-refractivity contribution in [3.8, 4) is 11.4 Å². The Labute approximate surface area is 197 Å². The highest BCUT2D eigenvalue weighted by Crippen LogP contribution is 2.24. The van der Waals surface area contributed by atoms with Crippen LogP contribution in [-0.2, 0) is 13.2 Å². The smallest absolute Gasteiger partial charge is 0.214 e. The second-order valence-electron chi connectivity index (χ2n) is 7.26. The van der Waals surface area contributed by atoms with Crippen LogP contribution in [0.25, 0.3) is 5.69 Å². The van der Waals surface area contributed by atoms with E-state index in [1.807, 2.05) is 48.5 Å². The lowest BCUT2D eigenvalue weighted by atomic mass is 10.1. The summed E-state index contributed by atoms with van der Waals surface area (Å²) in [5.74, 6) is 1.66. The molecule has 1 N–H and O–H groups in total. The number of ether oxygens (including phenoxy) is 1. The van der Waals surface area contributed by atoms with Gasteiger partial charge in [-0.05, 0) is 53.2 Å². The molecule has 0 spiro atoms. The molecule has 1 heterocycles. The number of aryl methyl sites for hydroxylation is 1. The molecule has 0 aliphatic rings. The van der Waals surface area contributed by atoms with Gasteiger partial charge in [0.1, 0.15) is 12.4 Å². The van der Waals surface area contributed by atoms with Gasteiger partial charge in [0.2, 0.25) is 5.16 Å². The largest absolute Gasteiger partial charge is 0.489 e. The van der Waals surface area contributed by atoms with Crippen molar-refractivity contribution in [3.63, 3.8) is 0 Å². The molecule has 0 aliphatic carbocycles. The van der Waals surface area contributed by atoms with Gasteiger partial charge in [-0.3, -0.25) is 0 Å². The second kappa shape index (κ2) is 11.1. The van der Waals surface area contributed by atoms with Crippen molar-refractivity contribution < 1.29 is 4.74 Å². The maximum atomic E-state index is 6.22. The minimum atomic E-state index is 0.521. The van der Waals surface area contributed by atoms with E-state index in [0.717, 1.165) is 40.0 Å². The summed E-state index contributed by atoms with van der Waals surface area (Å²) in [6.45, 7) is 4.05. The van der Waals surface area contributed by atoms with Crippen LogP contribution in [0.3, 0.4) is 0 Å².